The standard InChI is InChI=1S/C14H13N3/c1-9-3-2-4-10(7-9)11-5-6-12-13(8-11)17-14(15)16-12/h2-8H,1H3,(H3,15,16,17). The summed E-state index contributed by atoms with van der Waals surface area (Å²) in [5, 5.41) is 0. The third-order valence-electron chi connectivity index (χ3n) is 2.85. The number of aromatic amines is 1. The number of aromatic nitrogens is 2. The maximum Gasteiger partial charge on any atom is 0.198 e. The molecule has 17 heavy (non-hydrogen) atoms. The Morgan fingerprint density at radius 3 is 2.71 bits per heavy atom. The lowest BCUT2D eigenvalue weighted by molar-refractivity contribution is 1.35. The van der Waals surface area contributed by atoms with Crippen molar-refractivity contribution < 1.29 is 0 Å². The molecule has 3 nitrogen and oxygen atoms in total. The highest BCUT2D eigenvalue weighted by atomic mass is 15.0. The van der Waals surface area contributed by atoms with E-state index in [9.17, 15) is 0 Å². The topological polar surface area (TPSA) is 54.7 Å². The average Bonchev–Trinajstić information content (AvgIpc) is 2.68. The van der Waals surface area contributed by atoms with Gasteiger partial charge in [-0.3, -0.25) is 0 Å². The van der Waals surface area contributed by atoms with E-state index in [0.717, 1.165) is 16.6 Å². The number of rotatable bonds is 1. The summed E-state index contributed by atoms with van der Waals surface area (Å²) in [6.45, 7) is 2.09. The lowest BCUT2D eigenvalue weighted by atomic mass is 10.0. The first-order chi connectivity index (χ1) is 8.22. The lowest BCUT2D eigenvalue weighted by Gasteiger charge is -2.02. The van der Waals surface area contributed by atoms with Gasteiger partial charge in [0.1, 0.15) is 0 Å². The molecule has 0 aliphatic heterocycles. The summed E-state index contributed by atoms with van der Waals surface area (Å²) >= 11 is 0. The lowest BCUT2D eigenvalue weighted by Crippen LogP contribution is -1.84. The maximum absolute atomic E-state index is 5.64. The van der Waals surface area contributed by atoms with Gasteiger partial charge in [-0.15, -0.1) is 0 Å². The van der Waals surface area contributed by atoms with Gasteiger partial charge in [-0.1, -0.05) is 35.9 Å². The van der Waals surface area contributed by atoms with Gasteiger partial charge in [-0.2, -0.15) is 0 Å². The van der Waals surface area contributed by atoms with Crippen molar-refractivity contribution in [3.8, 4) is 11.1 Å². The summed E-state index contributed by atoms with van der Waals surface area (Å²) in [6, 6.07) is 14.6. The first-order valence-electron chi connectivity index (χ1n) is 5.55. The van der Waals surface area contributed by atoms with Crippen molar-refractivity contribution in [3.63, 3.8) is 0 Å². The fraction of sp³-hybridized carbons (Fsp3) is 0.0714. The zero-order valence-electron chi connectivity index (χ0n) is 9.57. The zero-order chi connectivity index (χ0) is 11.8. The number of nitrogens with two attached hydrogens (primary N) is 1. The first kappa shape index (κ1) is 9.90. The molecular weight excluding hydrogens is 210 g/mol. The number of anilines is 1. The van der Waals surface area contributed by atoms with Gasteiger partial charge in [-0.05, 0) is 30.2 Å². The van der Waals surface area contributed by atoms with Gasteiger partial charge in [0.15, 0.2) is 5.95 Å². The third kappa shape index (κ3) is 1.76. The Hall–Kier alpha value is -2.29. The Morgan fingerprint density at radius 2 is 1.88 bits per heavy atom. The summed E-state index contributed by atoms with van der Waals surface area (Å²) in [6.07, 6.45) is 0. The highest BCUT2D eigenvalue weighted by molar-refractivity contribution is 5.83. The van der Waals surface area contributed by atoms with Crippen LogP contribution in [0.2, 0.25) is 0 Å². The Labute approximate surface area is 99.3 Å². The molecule has 1 aromatic heterocycles. The summed E-state index contributed by atoms with van der Waals surface area (Å²) in [5.41, 5.74) is 11.1. The summed E-state index contributed by atoms with van der Waals surface area (Å²) in [7, 11) is 0. The second kappa shape index (κ2) is 3.63. The molecule has 2 aromatic carbocycles. The Kier molecular flexibility index (Phi) is 2.11. The van der Waals surface area contributed by atoms with Gasteiger partial charge < -0.3 is 10.7 Å². The fourth-order valence-corrected chi connectivity index (χ4v) is 2.03. The second-order valence-electron chi connectivity index (χ2n) is 4.22. The van der Waals surface area contributed by atoms with E-state index in [0.29, 0.717) is 5.95 Å². The minimum absolute atomic E-state index is 0.460. The predicted octanol–water partition coefficient (Wildman–Crippen LogP) is 3.12. The molecule has 0 saturated heterocycles. The number of aryl methyl sites for hydroxylation is 1. The van der Waals surface area contributed by atoms with Crippen molar-refractivity contribution in [2.75, 3.05) is 5.73 Å². The van der Waals surface area contributed by atoms with E-state index in [2.05, 4.69) is 53.3 Å². The minimum Gasteiger partial charge on any atom is -0.369 e. The molecule has 3 rings (SSSR count). The first-order valence-corrected chi connectivity index (χ1v) is 5.55. The number of benzene rings is 2. The van der Waals surface area contributed by atoms with Crippen molar-refractivity contribution >= 4 is 17.0 Å². The maximum atomic E-state index is 5.64. The summed E-state index contributed by atoms with van der Waals surface area (Å²) < 4.78 is 0. The van der Waals surface area contributed by atoms with Crippen LogP contribution in [0.5, 0.6) is 0 Å². The number of hydrogen-bond donors (Lipinski definition) is 2. The molecular formula is C14H13N3. The number of nitrogens with zero attached hydrogens (tertiary/aromatic N) is 1. The molecule has 3 N–H and O–H groups in total. The predicted molar refractivity (Wildman–Crippen MR) is 70.7 cm³/mol. The molecule has 3 heteroatoms. The number of imidazole rings is 1. The van der Waals surface area contributed by atoms with Crippen molar-refractivity contribution in [2.45, 2.75) is 6.92 Å². The molecule has 0 bridgehead atoms. The smallest absolute Gasteiger partial charge is 0.198 e. The van der Waals surface area contributed by atoms with Crippen LogP contribution in [0.15, 0.2) is 42.5 Å². The second-order valence-corrected chi connectivity index (χ2v) is 4.22. The van der Waals surface area contributed by atoms with Crippen LogP contribution in [0.4, 0.5) is 5.95 Å². The quantitative estimate of drug-likeness (QED) is 0.666. The molecule has 0 amide bonds. The SMILES string of the molecule is Cc1cccc(-c2ccc3[nH]c(N)nc3c2)c1. The monoisotopic (exact) mass is 223 g/mol. The van der Waals surface area contributed by atoms with Gasteiger partial charge >= 0.3 is 0 Å². The molecule has 84 valence electrons. The number of nitrogens with one attached hydrogen (secondary N) is 1. The van der Waals surface area contributed by atoms with Crippen LogP contribution in [0.25, 0.3) is 22.2 Å². The normalized spacial score (nSPS) is 10.9. The van der Waals surface area contributed by atoms with E-state index in [1.54, 1.807) is 0 Å². The van der Waals surface area contributed by atoms with Crippen LogP contribution < -0.4 is 5.73 Å². The van der Waals surface area contributed by atoms with Gasteiger partial charge in [-0.25, -0.2) is 4.98 Å². The summed E-state index contributed by atoms with van der Waals surface area (Å²) in [5.74, 6) is 0.460. The van der Waals surface area contributed by atoms with E-state index >= 15 is 0 Å². The Balaban J connectivity index is 2.17. The van der Waals surface area contributed by atoms with E-state index < -0.39 is 0 Å². The van der Waals surface area contributed by atoms with Crippen molar-refractivity contribution in [3.05, 3.63) is 48.0 Å². The molecule has 0 aliphatic carbocycles. The fourth-order valence-electron chi connectivity index (χ4n) is 2.03. The number of nitrogen functional groups attached to an aromatic ring is 1. The number of hydrogen-bond acceptors (Lipinski definition) is 2. The van der Waals surface area contributed by atoms with Crippen molar-refractivity contribution in [2.24, 2.45) is 0 Å². The third-order valence-corrected chi connectivity index (χ3v) is 2.85. The van der Waals surface area contributed by atoms with Crippen LogP contribution in [0, 0.1) is 6.92 Å². The van der Waals surface area contributed by atoms with E-state index in [1.165, 1.54) is 11.1 Å². The molecule has 0 spiro atoms. The molecule has 0 atom stereocenters. The van der Waals surface area contributed by atoms with Crippen molar-refractivity contribution in [1.29, 1.82) is 0 Å². The highest BCUT2D eigenvalue weighted by Crippen LogP contribution is 2.24. The average molecular weight is 223 g/mol. The van der Waals surface area contributed by atoms with Crippen LogP contribution in [0.1, 0.15) is 5.56 Å². The molecule has 0 fully saturated rings. The molecule has 0 radical (unpaired) electrons. The van der Waals surface area contributed by atoms with Crippen LogP contribution in [-0.4, -0.2) is 9.97 Å². The Morgan fingerprint density at radius 1 is 1.06 bits per heavy atom. The highest BCUT2D eigenvalue weighted by Gasteiger charge is 2.03. The zero-order valence-corrected chi connectivity index (χ0v) is 9.57. The van der Waals surface area contributed by atoms with Gasteiger partial charge in [0, 0.05) is 0 Å². The molecule has 0 aliphatic rings. The van der Waals surface area contributed by atoms with Crippen LogP contribution >= 0.6 is 0 Å². The van der Waals surface area contributed by atoms with Gasteiger partial charge in [0.05, 0.1) is 11.0 Å². The van der Waals surface area contributed by atoms with Crippen molar-refractivity contribution in [1.82, 2.24) is 9.97 Å². The number of fused-ring (bicyclic) bond motifs is 1. The summed E-state index contributed by atoms with van der Waals surface area (Å²) in [4.78, 5) is 7.26. The van der Waals surface area contributed by atoms with Crippen LogP contribution in [-0.2, 0) is 0 Å². The molecule has 3 aromatic rings. The largest absolute Gasteiger partial charge is 0.369 e. The molecule has 0 saturated carbocycles. The van der Waals surface area contributed by atoms with E-state index in [1.807, 2.05) is 6.07 Å². The van der Waals surface area contributed by atoms with E-state index in [-0.39, 0.29) is 0 Å². The van der Waals surface area contributed by atoms with E-state index in [4.69, 9.17) is 5.73 Å². The molecule has 0 unspecified atom stereocenters. The van der Waals surface area contributed by atoms with Gasteiger partial charge in [0.2, 0.25) is 0 Å². The van der Waals surface area contributed by atoms with Gasteiger partial charge in [0.25, 0.3) is 0 Å². The van der Waals surface area contributed by atoms with Crippen LogP contribution in [0.3, 0.4) is 0 Å². The number of H-pyrrole nitrogens is 1. The molecule has 1 heterocycles. The minimum atomic E-state index is 0.460. The Bertz CT molecular complexity index is 683.